The van der Waals surface area contributed by atoms with Gasteiger partial charge in [-0.05, 0) is 6.07 Å². The number of aryl methyl sites for hydroxylation is 3. The summed E-state index contributed by atoms with van der Waals surface area (Å²) < 4.78 is 4.47. The van der Waals surface area contributed by atoms with Crippen LogP contribution in [0.15, 0.2) is 54.6 Å². The van der Waals surface area contributed by atoms with Gasteiger partial charge >= 0.3 is 0 Å². The fourth-order valence-corrected chi connectivity index (χ4v) is 3.46. The molecule has 0 aromatic carbocycles. The number of aliphatic hydroxyl groups excluding tert-OH is 1. The molecule has 0 spiro atoms. The Morgan fingerprint density at radius 3 is 2.20 bits per heavy atom. The van der Waals surface area contributed by atoms with Crippen molar-refractivity contribution < 1.29 is 24.3 Å². The minimum absolute atomic E-state index is 0.0712. The maximum atomic E-state index is 13.0. The fourth-order valence-electron chi connectivity index (χ4n) is 3.46. The Labute approximate surface area is 237 Å². The van der Waals surface area contributed by atoms with E-state index in [1.807, 2.05) is 13.8 Å². The van der Waals surface area contributed by atoms with Gasteiger partial charge in [0.2, 0.25) is 5.82 Å². The number of nitrogens with one attached hydrogen (secondary N) is 4. The van der Waals surface area contributed by atoms with Crippen molar-refractivity contribution in [3.63, 3.8) is 0 Å². The molecular formula is C26H36N10O5. The van der Waals surface area contributed by atoms with Crippen LogP contribution in [0.5, 0.6) is 0 Å². The van der Waals surface area contributed by atoms with Crippen LogP contribution < -0.4 is 21.3 Å². The maximum Gasteiger partial charge on any atom is 0.292 e. The van der Waals surface area contributed by atoms with Crippen LogP contribution in [0, 0.1) is 0 Å². The van der Waals surface area contributed by atoms with E-state index in [9.17, 15) is 24.3 Å². The Balaban J connectivity index is 0.00000287. The SMILES string of the molecule is CC.CNC(=O)c1cc(NC(=O)/C=C(O)/C(=C\N(C)C)NC(=O)c2nc(NC(=O)c3nccn3C)cn2C)cn1C. The van der Waals surface area contributed by atoms with Crippen molar-refractivity contribution in [2.45, 2.75) is 13.8 Å². The molecule has 0 atom stereocenters. The van der Waals surface area contributed by atoms with Crippen LogP contribution in [0.4, 0.5) is 11.5 Å². The summed E-state index contributed by atoms with van der Waals surface area (Å²) >= 11 is 0. The number of carbonyl (C=O) groups is 4. The number of imidazole rings is 2. The van der Waals surface area contributed by atoms with Gasteiger partial charge in [0.05, 0.1) is 11.4 Å². The molecule has 3 rings (SSSR count). The number of hydrogen-bond donors (Lipinski definition) is 5. The quantitative estimate of drug-likeness (QED) is 0.146. The third-order valence-corrected chi connectivity index (χ3v) is 5.26. The number of hydrogen-bond acceptors (Lipinski definition) is 8. The lowest BCUT2D eigenvalue weighted by molar-refractivity contribution is -0.112. The summed E-state index contributed by atoms with van der Waals surface area (Å²) in [5.41, 5.74) is 0.577. The van der Waals surface area contributed by atoms with Crippen LogP contribution in [0.1, 0.15) is 45.6 Å². The molecule has 3 aromatic heterocycles. The second-order valence-electron chi connectivity index (χ2n) is 8.66. The summed E-state index contributed by atoms with van der Waals surface area (Å²) in [6, 6.07) is 1.48. The minimum atomic E-state index is -0.707. The summed E-state index contributed by atoms with van der Waals surface area (Å²) in [4.78, 5) is 59.5. The van der Waals surface area contributed by atoms with Crippen molar-refractivity contribution in [3.8, 4) is 0 Å². The molecule has 0 unspecified atom stereocenters. The molecular weight excluding hydrogens is 532 g/mol. The number of amides is 4. The fraction of sp³-hybridized carbons (Fsp3) is 0.308. The molecule has 0 radical (unpaired) electrons. The molecule has 3 aromatic rings. The highest BCUT2D eigenvalue weighted by molar-refractivity contribution is 6.03. The molecule has 0 aliphatic heterocycles. The topological polar surface area (TPSA) is 180 Å². The normalized spacial score (nSPS) is 11.2. The second-order valence-corrected chi connectivity index (χ2v) is 8.66. The maximum absolute atomic E-state index is 13.0. The van der Waals surface area contributed by atoms with Gasteiger partial charge in [0.25, 0.3) is 23.6 Å². The van der Waals surface area contributed by atoms with Gasteiger partial charge in [-0.1, -0.05) is 13.8 Å². The smallest absolute Gasteiger partial charge is 0.292 e. The number of anilines is 2. The van der Waals surface area contributed by atoms with Gasteiger partial charge in [-0.2, -0.15) is 0 Å². The van der Waals surface area contributed by atoms with Crippen molar-refractivity contribution in [1.29, 1.82) is 0 Å². The number of aliphatic hydroxyl groups is 1. The van der Waals surface area contributed by atoms with Crippen molar-refractivity contribution in [2.24, 2.45) is 21.1 Å². The van der Waals surface area contributed by atoms with Crippen molar-refractivity contribution >= 4 is 35.1 Å². The van der Waals surface area contributed by atoms with Crippen molar-refractivity contribution in [2.75, 3.05) is 31.8 Å². The van der Waals surface area contributed by atoms with Gasteiger partial charge in [-0.3, -0.25) is 19.2 Å². The first-order valence-corrected chi connectivity index (χ1v) is 12.5. The first-order chi connectivity index (χ1) is 19.4. The monoisotopic (exact) mass is 568 g/mol. The molecule has 220 valence electrons. The highest BCUT2D eigenvalue weighted by Crippen LogP contribution is 2.14. The first kappa shape index (κ1) is 31.9. The molecule has 15 heteroatoms. The Morgan fingerprint density at radius 2 is 1.61 bits per heavy atom. The molecule has 0 aliphatic rings. The zero-order valence-corrected chi connectivity index (χ0v) is 24.3. The van der Waals surface area contributed by atoms with E-state index in [1.165, 1.54) is 51.6 Å². The van der Waals surface area contributed by atoms with Gasteiger partial charge in [0.1, 0.15) is 11.5 Å². The average molecular weight is 569 g/mol. The van der Waals surface area contributed by atoms with Crippen molar-refractivity contribution in [1.82, 2.24) is 39.2 Å². The van der Waals surface area contributed by atoms with E-state index in [0.29, 0.717) is 11.4 Å². The molecule has 0 saturated heterocycles. The summed E-state index contributed by atoms with van der Waals surface area (Å²) in [5, 5.41) is 20.8. The Bertz CT molecular complexity index is 1480. The summed E-state index contributed by atoms with van der Waals surface area (Å²) in [5.74, 6) is -2.56. The Morgan fingerprint density at radius 1 is 0.927 bits per heavy atom. The van der Waals surface area contributed by atoms with Crippen LogP contribution in [0.2, 0.25) is 0 Å². The van der Waals surface area contributed by atoms with Crippen molar-refractivity contribution in [3.05, 3.63) is 71.9 Å². The zero-order valence-electron chi connectivity index (χ0n) is 24.3. The molecule has 15 nitrogen and oxygen atoms in total. The van der Waals surface area contributed by atoms with Crippen LogP contribution in [-0.2, 0) is 25.9 Å². The lowest BCUT2D eigenvalue weighted by Gasteiger charge is -2.13. The lowest BCUT2D eigenvalue weighted by Crippen LogP contribution is -2.28. The number of nitrogens with zero attached hydrogens (tertiary/aromatic N) is 6. The van der Waals surface area contributed by atoms with E-state index in [4.69, 9.17) is 0 Å². The number of rotatable bonds is 9. The Kier molecular flexibility index (Phi) is 11.0. The summed E-state index contributed by atoms with van der Waals surface area (Å²) in [7, 11) is 9.69. The van der Waals surface area contributed by atoms with Gasteiger partial charge in [0.15, 0.2) is 11.6 Å². The first-order valence-electron chi connectivity index (χ1n) is 12.5. The number of aromatic nitrogens is 5. The molecule has 3 heterocycles. The van der Waals surface area contributed by atoms with E-state index in [0.717, 1.165) is 6.08 Å². The summed E-state index contributed by atoms with van der Waals surface area (Å²) in [6.45, 7) is 4.00. The van der Waals surface area contributed by atoms with E-state index in [2.05, 4.69) is 31.2 Å². The van der Waals surface area contributed by atoms with E-state index < -0.39 is 23.5 Å². The zero-order chi connectivity index (χ0) is 30.9. The van der Waals surface area contributed by atoms with E-state index in [1.54, 1.807) is 46.3 Å². The Hall–Kier alpha value is -5.34. The average Bonchev–Trinajstić information content (AvgIpc) is 3.61. The van der Waals surface area contributed by atoms with E-state index in [-0.39, 0.29) is 29.1 Å². The third kappa shape index (κ3) is 8.32. The van der Waals surface area contributed by atoms with Crippen LogP contribution in [0.3, 0.4) is 0 Å². The predicted octanol–water partition coefficient (Wildman–Crippen LogP) is 1.34. The van der Waals surface area contributed by atoms with Gasteiger partial charge in [-0.15, -0.1) is 0 Å². The second kappa shape index (κ2) is 14.2. The predicted molar refractivity (Wildman–Crippen MR) is 153 cm³/mol. The minimum Gasteiger partial charge on any atom is -0.506 e. The van der Waals surface area contributed by atoms with Crippen LogP contribution in [-0.4, -0.2) is 78.4 Å². The standard InChI is InChI=1S/C24H30N10O5.C2H6/c1-25-22(37)16-9-14(11-33(16)5)27-19(36)10-17(35)15(12-31(2)3)28-24(39)21-29-18(13-34(21)6)30-23(38)20-26-7-8-32(20)4;1-2/h7-13,35H,1-6H3,(H,25,37)(H,27,36)(H,28,39)(H,30,38);1-2H3/b15-12+,17-10-;. The molecule has 0 fully saturated rings. The van der Waals surface area contributed by atoms with Crippen LogP contribution >= 0.6 is 0 Å². The molecule has 4 amide bonds. The van der Waals surface area contributed by atoms with Gasteiger partial charge in [-0.25, -0.2) is 9.97 Å². The lowest BCUT2D eigenvalue weighted by atomic mass is 10.3. The number of carbonyl (C=O) groups excluding carboxylic acids is 4. The van der Waals surface area contributed by atoms with E-state index >= 15 is 0 Å². The molecule has 0 aliphatic carbocycles. The van der Waals surface area contributed by atoms with Gasteiger partial charge < -0.3 is 45.0 Å². The molecule has 5 N–H and O–H groups in total. The molecule has 0 saturated carbocycles. The highest BCUT2D eigenvalue weighted by Gasteiger charge is 2.20. The molecule has 0 bridgehead atoms. The van der Waals surface area contributed by atoms with Gasteiger partial charge in [0, 0.05) is 79.3 Å². The van der Waals surface area contributed by atoms with Crippen LogP contribution in [0.25, 0.3) is 0 Å². The largest absolute Gasteiger partial charge is 0.506 e. The summed E-state index contributed by atoms with van der Waals surface area (Å²) in [6.07, 6.45) is 8.37. The highest BCUT2D eigenvalue weighted by atomic mass is 16.3. The molecule has 41 heavy (non-hydrogen) atoms. The third-order valence-electron chi connectivity index (χ3n) is 5.26.